The van der Waals surface area contributed by atoms with Gasteiger partial charge in [0.2, 0.25) is 0 Å². The normalized spacial score (nSPS) is 21.5. The summed E-state index contributed by atoms with van der Waals surface area (Å²) in [7, 11) is 1.98. The van der Waals surface area contributed by atoms with Gasteiger partial charge in [-0.25, -0.2) is 4.98 Å². The van der Waals surface area contributed by atoms with Crippen molar-refractivity contribution in [3.8, 4) is 0 Å². The van der Waals surface area contributed by atoms with Gasteiger partial charge in [-0.15, -0.1) is 0 Å². The van der Waals surface area contributed by atoms with E-state index in [2.05, 4.69) is 25.3 Å². The van der Waals surface area contributed by atoms with Crippen LogP contribution in [0.3, 0.4) is 0 Å². The first-order valence-corrected chi connectivity index (χ1v) is 7.19. The Morgan fingerprint density at radius 3 is 2.91 bits per heavy atom. The van der Waals surface area contributed by atoms with Crippen molar-refractivity contribution in [1.29, 1.82) is 0 Å². The molecule has 126 valence electrons. The molecule has 0 aromatic carbocycles. The summed E-state index contributed by atoms with van der Waals surface area (Å²) in [4.78, 5) is 9.35. The fourth-order valence-corrected chi connectivity index (χ4v) is 2.50. The number of hydrogen-bond acceptors (Lipinski definition) is 6. The van der Waals surface area contributed by atoms with E-state index in [9.17, 15) is 13.2 Å². The molecular formula is C13H17F3N6O. The molecule has 0 aliphatic carbocycles. The van der Waals surface area contributed by atoms with E-state index in [-0.39, 0.29) is 23.7 Å². The molecule has 1 aliphatic heterocycles. The number of morpholine rings is 1. The van der Waals surface area contributed by atoms with E-state index in [0.29, 0.717) is 13.2 Å². The molecule has 2 unspecified atom stereocenters. The van der Waals surface area contributed by atoms with E-state index < -0.39 is 11.9 Å². The molecule has 0 radical (unpaired) electrons. The number of hydrogen-bond donors (Lipinski definition) is 1. The first kappa shape index (κ1) is 15.9. The summed E-state index contributed by atoms with van der Waals surface area (Å²) < 4.78 is 45.8. The van der Waals surface area contributed by atoms with Crippen molar-refractivity contribution in [3.05, 3.63) is 18.1 Å². The number of ether oxygens (including phenoxy) is 1. The molecule has 3 rings (SSSR count). The number of likely N-dealkylation sites (N-methyl/N-ethyl adjacent to an activating group) is 1. The highest BCUT2D eigenvalue weighted by molar-refractivity contribution is 5.46. The van der Waals surface area contributed by atoms with Gasteiger partial charge in [0, 0.05) is 19.2 Å². The third-order valence-electron chi connectivity index (χ3n) is 3.77. The molecule has 2 aromatic heterocycles. The van der Waals surface area contributed by atoms with E-state index >= 15 is 0 Å². The molecule has 0 spiro atoms. The average molecular weight is 330 g/mol. The van der Waals surface area contributed by atoms with Crippen LogP contribution in [0.25, 0.3) is 5.78 Å². The van der Waals surface area contributed by atoms with Crippen molar-refractivity contribution in [3.63, 3.8) is 0 Å². The van der Waals surface area contributed by atoms with Crippen LogP contribution in [-0.2, 0) is 10.9 Å². The number of rotatable bonds is 3. The molecule has 7 nitrogen and oxygen atoms in total. The molecule has 0 saturated carbocycles. The van der Waals surface area contributed by atoms with Crippen molar-refractivity contribution >= 4 is 11.6 Å². The fourth-order valence-electron chi connectivity index (χ4n) is 2.50. The zero-order chi connectivity index (χ0) is 16.6. The third-order valence-corrected chi connectivity index (χ3v) is 3.77. The molecule has 1 fully saturated rings. The Hall–Kier alpha value is -1.94. The number of nitrogens with zero attached hydrogens (tertiary/aromatic N) is 5. The molecule has 0 amide bonds. The smallest absolute Gasteiger partial charge is 0.373 e. The first-order chi connectivity index (χ1) is 10.8. The number of anilines is 1. The molecule has 1 aliphatic rings. The van der Waals surface area contributed by atoms with Crippen molar-refractivity contribution in [2.24, 2.45) is 0 Å². The number of nitrogens with one attached hydrogen (secondary N) is 1. The number of aromatic nitrogens is 4. The van der Waals surface area contributed by atoms with Crippen LogP contribution in [0.4, 0.5) is 19.0 Å². The third kappa shape index (κ3) is 3.37. The Morgan fingerprint density at radius 2 is 2.22 bits per heavy atom. The van der Waals surface area contributed by atoms with Crippen LogP contribution in [0.2, 0.25) is 0 Å². The number of alkyl halides is 3. The van der Waals surface area contributed by atoms with Crippen molar-refractivity contribution < 1.29 is 17.9 Å². The minimum atomic E-state index is -4.55. The van der Waals surface area contributed by atoms with E-state index in [0.717, 1.165) is 12.6 Å². The van der Waals surface area contributed by atoms with Crippen LogP contribution in [0.5, 0.6) is 0 Å². The monoisotopic (exact) mass is 330 g/mol. The lowest BCUT2D eigenvalue weighted by atomic mass is 10.1. The largest absolute Gasteiger partial charge is 0.433 e. The molecule has 2 atom stereocenters. The van der Waals surface area contributed by atoms with Gasteiger partial charge in [-0.3, -0.25) is 0 Å². The summed E-state index contributed by atoms with van der Waals surface area (Å²) in [5, 5.41) is 6.96. The number of halogens is 3. The van der Waals surface area contributed by atoms with Gasteiger partial charge in [0.25, 0.3) is 5.78 Å². The van der Waals surface area contributed by atoms with E-state index in [1.165, 1.54) is 10.8 Å². The van der Waals surface area contributed by atoms with Crippen LogP contribution >= 0.6 is 0 Å². The summed E-state index contributed by atoms with van der Waals surface area (Å²) in [6, 6.07) is 0.735. The summed E-state index contributed by atoms with van der Waals surface area (Å²) in [5.41, 5.74) is -1.01. The highest BCUT2D eigenvalue weighted by Crippen LogP contribution is 2.29. The van der Waals surface area contributed by atoms with Crippen LogP contribution in [0, 0.1) is 0 Å². The van der Waals surface area contributed by atoms with Crippen LogP contribution in [0.15, 0.2) is 12.4 Å². The van der Waals surface area contributed by atoms with Gasteiger partial charge in [0.1, 0.15) is 12.1 Å². The molecular weight excluding hydrogens is 313 g/mol. The zero-order valence-electron chi connectivity index (χ0n) is 12.7. The fraction of sp³-hybridized carbons (Fsp3) is 0.615. The quantitative estimate of drug-likeness (QED) is 0.914. The minimum absolute atomic E-state index is 0.101. The highest BCUT2D eigenvalue weighted by atomic mass is 19.4. The van der Waals surface area contributed by atoms with Gasteiger partial charge in [0.05, 0.1) is 18.8 Å². The Labute approximate surface area is 130 Å². The molecule has 10 heteroatoms. The van der Waals surface area contributed by atoms with Gasteiger partial charge in [-0.05, 0) is 14.0 Å². The van der Waals surface area contributed by atoms with E-state index in [4.69, 9.17) is 4.74 Å². The van der Waals surface area contributed by atoms with Crippen LogP contribution in [-0.4, -0.2) is 63.4 Å². The second kappa shape index (κ2) is 5.93. The SMILES string of the molecule is CC(Nc1cc(C(F)(F)F)nc2ncnn12)C1CN(C)CCO1. The van der Waals surface area contributed by atoms with Crippen molar-refractivity contribution in [2.45, 2.75) is 25.2 Å². The van der Waals surface area contributed by atoms with Gasteiger partial charge in [-0.2, -0.15) is 27.8 Å². The van der Waals surface area contributed by atoms with E-state index in [1.807, 2.05) is 14.0 Å². The average Bonchev–Trinajstić information content (AvgIpc) is 2.95. The predicted octanol–water partition coefficient (Wildman–Crippen LogP) is 1.27. The van der Waals surface area contributed by atoms with Gasteiger partial charge >= 0.3 is 6.18 Å². The Bertz CT molecular complexity index is 688. The molecule has 0 bridgehead atoms. The Morgan fingerprint density at radius 1 is 1.43 bits per heavy atom. The Balaban J connectivity index is 1.88. The topological polar surface area (TPSA) is 67.6 Å². The number of fused-ring (bicyclic) bond motifs is 1. The molecule has 1 saturated heterocycles. The maximum atomic E-state index is 13.0. The van der Waals surface area contributed by atoms with Gasteiger partial charge < -0.3 is 15.0 Å². The summed E-state index contributed by atoms with van der Waals surface area (Å²) in [6.45, 7) is 3.99. The summed E-state index contributed by atoms with van der Waals surface area (Å²) in [6.07, 6.45) is -3.51. The van der Waals surface area contributed by atoms with E-state index in [1.54, 1.807) is 0 Å². The molecule has 3 heterocycles. The molecule has 1 N–H and O–H groups in total. The first-order valence-electron chi connectivity index (χ1n) is 7.19. The lowest BCUT2D eigenvalue weighted by molar-refractivity contribution is -0.141. The second-order valence-corrected chi connectivity index (χ2v) is 5.60. The lowest BCUT2D eigenvalue weighted by Crippen LogP contribution is -2.47. The van der Waals surface area contributed by atoms with Crippen LogP contribution in [0.1, 0.15) is 12.6 Å². The maximum Gasteiger partial charge on any atom is 0.433 e. The standard InChI is InChI=1S/C13H17F3N6O/c1-8(9-6-21(2)3-4-23-9)19-11-5-10(13(14,15)16)20-12-17-7-18-22(11)12/h5,7-9,19H,3-4,6H2,1-2H3. The predicted molar refractivity (Wildman–Crippen MR) is 76.1 cm³/mol. The molecule has 23 heavy (non-hydrogen) atoms. The second-order valence-electron chi connectivity index (χ2n) is 5.60. The van der Waals surface area contributed by atoms with Gasteiger partial charge in [-0.1, -0.05) is 0 Å². The summed E-state index contributed by atoms with van der Waals surface area (Å²) >= 11 is 0. The van der Waals surface area contributed by atoms with Crippen LogP contribution < -0.4 is 5.32 Å². The highest BCUT2D eigenvalue weighted by Gasteiger charge is 2.34. The van der Waals surface area contributed by atoms with Crippen molar-refractivity contribution in [2.75, 3.05) is 32.1 Å². The van der Waals surface area contributed by atoms with Crippen molar-refractivity contribution in [1.82, 2.24) is 24.5 Å². The molecule has 2 aromatic rings. The van der Waals surface area contributed by atoms with Gasteiger partial charge in [0.15, 0.2) is 5.69 Å². The maximum absolute atomic E-state index is 13.0. The zero-order valence-corrected chi connectivity index (χ0v) is 12.7. The Kier molecular flexibility index (Phi) is 4.11. The lowest BCUT2D eigenvalue weighted by Gasteiger charge is -2.34. The minimum Gasteiger partial charge on any atom is -0.373 e. The summed E-state index contributed by atoms with van der Waals surface area (Å²) in [5.74, 6) is 0.0837.